The van der Waals surface area contributed by atoms with Crippen LogP contribution in [0.1, 0.15) is 27.8 Å². The van der Waals surface area contributed by atoms with Gasteiger partial charge in [0, 0.05) is 0 Å². The first-order chi connectivity index (χ1) is 12.4. The van der Waals surface area contributed by atoms with Gasteiger partial charge in [-0.15, -0.1) is 0 Å². The van der Waals surface area contributed by atoms with E-state index in [1.165, 1.54) is 19.9 Å². The number of benzene rings is 2. The van der Waals surface area contributed by atoms with E-state index in [4.69, 9.17) is 0 Å². The van der Waals surface area contributed by atoms with E-state index in [0.717, 1.165) is 24.3 Å². The van der Waals surface area contributed by atoms with Gasteiger partial charge in [0.1, 0.15) is 5.75 Å². The summed E-state index contributed by atoms with van der Waals surface area (Å²) < 4.78 is 88.9. The Bertz CT molecular complexity index is 838. The Morgan fingerprint density at radius 3 is 1.63 bits per heavy atom. The summed E-state index contributed by atoms with van der Waals surface area (Å²) >= 11 is 0. The van der Waals surface area contributed by atoms with Crippen molar-refractivity contribution in [1.82, 2.24) is 0 Å². The first-order valence-corrected chi connectivity index (χ1v) is 7.79. The van der Waals surface area contributed by atoms with E-state index in [-0.39, 0.29) is 17.8 Å². The summed E-state index contributed by atoms with van der Waals surface area (Å²) in [4.78, 5) is 10.4. The molecule has 0 atom stereocenters. The van der Waals surface area contributed by atoms with Crippen LogP contribution in [0.4, 0.5) is 26.3 Å². The van der Waals surface area contributed by atoms with Crippen LogP contribution in [0.25, 0.3) is 0 Å². The molecule has 0 saturated heterocycles. The summed E-state index contributed by atoms with van der Waals surface area (Å²) in [6.07, 6.45) is -11.3. The normalized spacial score (nSPS) is 12.8. The van der Waals surface area contributed by atoms with E-state index in [9.17, 15) is 31.1 Å². The lowest BCUT2D eigenvalue weighted by Gasteiger charge is -2.38. The van der Waals surface area contributed by atoms with E-state index in [2.05, 4.69) is 4.74 Å². The van der Waals surface area contributed by atoms with Gasteiger partial charge in [-0.05, 0) is 54.7 Å². The highest BCUT2D eigenvalue weighted by Crippen LogP contribution is 2.56. The fourth-order valence-electron chi connectivity index (χ4n) is 3.02. The monoisotopic (exact) mass is 390 g/mol. The van der Waals surface area contributed by atoms with Crippen molar-refractivity contribution in [3.8, 4) is 5.75 Å². The Morgan fingerprint density at radius 2 is 1.22 bits per heavy atom. The largest absolute Gasteiger partial charge is 0.428 e. The molecule has 0 aliphatic carbocycles. The standard InChI is InChI=1S/C19H16F6O2/c1-11-4-5-14(8-12(11)2)17(18(20,21)22,19(23,24)25)15-6-7-16(27-10-26)13(3)9-15/h4-10H,1-3H3. The predicted octanol–water partition coefficient (Wildman–Crippen LogP) is 5.56. The number of carbonyl (C=O) groups excluding carboxylic acids is 1. The highest BCUT2D eigenvalue weighted by Gasteiger charge is 2.72. The molecule has 2 aromatic carbocycles. The smallest absolute Gasteiger partial charge is 0.411 e. The van der Waals surface area contributed by atoms with Crippen LogP contribution in [0.2, 0.25) is 0 Å². The molecule has 0 spiro atoms. The SMILES string of the molecule is Cc1ccc(C(c2ccc(OC=O)c(C)c2)(C(F)(F)F)C(F)(F)F)cc1C. The number of carbonyl (C=O) groups is 1. The number of ether oxygens (including phenoxy) is 1. The highest BCUT2D eigenvalue weighted by atomic mass is 19.4. The molecule has 0 bridgehead atoms. The molecule has 0 amide bonds. The zero-order valence-electron chi connectivity index (χ0n) is 14.6. The number of halogens is 6. The fraction of sp³-hybridized carbons (Fsp3) is 0.316. The topological polar surface area (TPSA) is 26.3 Å². The Morgan fingerprint density at radius 1 is 0.741 bits per heavy atom. The minimum atomic E-state index is -5.66. The maximum Gasteiger partial charge on any atom is 0.411 e. The van der Waals surface area contributed by atoms with Gasteiger partial charge in [0.15, 0.2) is 0 Å². The predicted molar refractivity (Wildman–Crippen MR) is 86.7 cm³/mol. The molecule has 0 heterocycles. The second kappa shape index (κ2) is 6.90. The van der Waals surface area contributed by atoms with Crippen LogP contribution in [0.15, 0.2) is 36.4 Å². The molecule has 0 saturated carbocycles. The molecule has 8 heteroatoms. The van der Waals surface area contributed by atoms with E-state index in [1.54, 1.807) is 6.92 Å². The second-order valence-corrected chi connectivity index (χ2v) is 6.24. The van der Waals surface area contributed by atoms with Crippen LogP contribution >= 0.6 is 0 Å². The van der Waals surface area contributed by atoms with E-state index in [0.29, 0.717) is 17.2 Å². The highest BCUT2D eigenvalue weighted by molar-refractivity contribution is 5.53. The molecule has 27 heavy (non-hydrogen) atoms. The Hall–Kier alpha value is -2.51. The number of alkyl halides is 6. The number of hydrogen-bond donors (Lipinski definition) is 0. The third-order valence-corrected chi connectivity index (χ3v) is 4.57. The maximum atomic E-state index is 14.0. The molecule has 0 N–H and O–H groups in total. The quantitative estimate of drug-likeness (QED) is 0.505. The average molecular weight is 390 g/mol. The van der Waals surface area contributed by atoms with Gasteiger partial charge in [0.2, 0.25) is 5.41 Å². The molecule has 2 rings (SSSR count). The van der Waals surface area contributed by atoms with Crippen LogP contribution < -0.4 is 4.74 Å². The van der Waals surface area contributed by atoms with Gasteiger partial charge in [0.25, 0.3) is 6.47 Å². The third-order valence-electron chi connectivity index (χ3n) is 4.57. The van der Waals surface area contributed by atoms with Crippen LogP contribution in [-0.2, 0) is 10.2 Å². The van der Waals surface area contributed by atoms with Crippen molar-refractivity contribution in [2.24, 2.45) is 0 Å². The van der Waals surface area contributed by atoms with Crippen LogP contribution in [0.5, 0.6) is 5.75 Å². The van der Waals surface area contributed by atoms with Crippen LogP contribution in [0, 0.1) is 20.8 Å². The lowest BCUT2D eigenvalue weighted by atomic mass is 9.72. The van der Waals surface area contributed by atoms with Gasteiger partial charge < -0.3 is 4.74 Å². The number of hydrogen-bond acceptors (Lipinski definition) is 2. The van der Waals surface area contributed by atoms with Crippen molar-refractivity contribution in [1.29, 1.82) is 0 Å². The molecule has 0 fully saturated rings. The molecule has 0 aliphatic rings. The van der Waals surface area contributed by atoms with Gasteiger partial charge in [-0.25, -0.2) is 0 Å². The Kier molecular flexibility index (Phi) is 5.32. The Labute approximate surface area is 151 Å². The summed E-state index contributed by atoms with van der Waals surface area (Å²) in [5, 5.41) is 0. The molecule has 2 nitrogen and oxygen atoms in total. The van der Waals surface area contributed by atoms with Gasteiger partial charge >= 0.3 is 12.4 Å². The molecular weight excluding hydrogens is 374 g/mol. The summed E-state index contributed by atoms with van der Waals surface area (Å²) in [5.41, 5.74) is -5.29. The first kappa shape index (κ1) is 20.8. The van der Waals surface area contributed by atoms with Gasteiger partial charge in [-0.2, -0.15) is 26.3 Å². The van der Waals surface area contributed by atoms with Crippen LogP contribution in [-0.4, -0.2) is 18.8 Å². The zero-order chi connectivity index (χ0) is 20.6. The minimum Gasteiger partial charge on any atom is -0.428 e. The van der Waals surface area contributed by atoms with Crippen molar-refractivity contribution in [3.05, 3.63) is 64.2 Å². The summed E-state index contributed by atoms with van der Waals surface area (Å²) in [7, 11) is 0. The third kappa shape index (κ3) is 3.40. The van der Waals surface area contributed by atoms with E-state index >= 15 is 0 Å². The molecule has 0 aliphatic heterocycles. The van der Waals surface area contributed by atoms with Crippen LogP contribution in [0.3, 0.4) is 0 Å². The summed E-state index contributed by atoms with van der Waals surface area (Å²) in [6, 6.07) is 5.33. The zero-order valence-corrected chi connectivity index (χ0v) is 14.6. The second-order valence-electron chi connectivity index (χ2n) is 6.24. The summed E-state index contributed by atoms with van der Waals surface area (Å²) in [5.74, 6) is -0.118. The average Bonchev–Trinajstić information content (AvgIpc) is 2.51. The maximum absolute atomic E-state index is 14.0. The number of rotatable bonds is 4. The molecule has 0 radical (unpaired) electrons. The lowest BCUT2D eigenvalue weighted by Crippen LogP contribution is -2.54. The van der Waals surface area contributed by atoms with Crippen molar-refractivity contribution in [2.45, 2.75) is 38.5 Å². The van der Waals surface area contributed by atoms with Crippen molar-refractivity contribution in [2.75, 3.05) is 0 Å². The van der Waals surface area contributed by atoms with E-state index in [1.807, 2.05) is 0 Å². The van der Waals surface area contributed by atoms with Crippen molar-refractivity contribution in [3.63, 3.8) is 0 Å². The molecular formula is C19H16F6O2. The van der Waals surface area contributed by atoms with Gasteiger partial charge in [0.05, 0.1) is 0 Å². The molecule has 0 unspecified atom stereocenters. The van der Waals surface area contributed by atoms with Crippen molar-refractivity contribution >= 4 is 6.47 Å². The fourth-order valence-corrected chi connectivity index (χ4v) is 3.02. The first-order valence-electron chi connectivity index (χ1n) is 7.79. The minimum absolute atomic E-state index is 0.0266. The van der Waals surface area contributed by atoms with Gasteiger partial charge in [-0.1, -0.05) is 30.3 Å². The van der Waals surface area contributed by atoms with Crippen molar-refractivity contribution < 1.29 is 35.9 Å². The molecule has 0 aromatic heterocycles. The number of aryl methyl sites for hydroxylation is 3. The van der Waals surface area contributed by atoms with E-state index < -0.39 is 28.9 Å². The lowest BCUT2D eigenvalue weighted by molar-refractivity contribution is -0.288. The van der Waals surface area contributed by atoms with Gasteiger partial charge in [-0.3, -0.25) is 4.79 Å². The molecule has 146 valence electrons. The Balaban J connectivity index is 2.90. The molecule has 2 aromatic rings. The summed E-state index contributed by atoms with van der Waals surface area (Å²) in [6.45, 7) is 4.35.